The van der Waals surface area contributed by atoms with Crippen LogP contribution in [0.1, 0.15) is 78.6 Å². The van der Waals surface area contributed by atoms with Crippen LogP contribution in [0, 0.1) is 46.3 Å². The Morgan fingerprint density at radius 3 is 2.48 bits per heavy atom. The minimum atomic E-state index is -0.394. The highest BCUT2D eigenvalue weighted by Crippen LogP contribution is 2.68. The lowest BCUT2D eigenvalue weighted by Gasteiger charge is -2.63. The molecule has 4 aliphatic rings. The predicted octanol–water partition coefficient (Wildman–Crippen LogP) is 1.96. The lowest BCUT2D eigenvalue weighted by Crippen LogP contribution is -2.62. The van der Waals surface area contributed by atoms with Crippen molar-refractivity contribution in [2.75, 3.05) is 0 Å². The Hall–Kier alpha value is -0.730. The molecule has 0 aliphatic heterocycles. The van der Waals surface area contributed by atoms with Gasteiger partial charge in [0.25, 0.3) is 0 Å². The molecule has 4 fully saturated rings. The number of fused-ring (bicyclic) bond motifs is 5. The second kappa shape index (κ2) is 8.90. The zero-order chi connectivity index (χ0) is 21.8. The molecule has 7 N–H and O–H groups in total. The van der Waals surface area contributed by atoms with E-state index in [1.54, 1.807) is 0 Å². The van der Waals surface area contributed by atoms with E-state index in [2.05, 4.69) is 25.6 Å². The van der Waals surface area contributed by atoms with Crippen LogP contribution in [0.3, 0.4) is 0 Å². The van der Waals surface area contributed by atoms with Crippen molar-refractivity contribution in [2.45, 2.75) is 96.9 Å². The van der Waals surface area contributed by atoms with Crippen molar-refractivity contribution >= 4 is 5.97 Å². The minimum Gasteiger partial charge on any atom is -0.412 e. The Morgan fingerprint density at radius 1 is 1.10 bits per heavy atom. The van der Waals surface area contributed by atoms with E-state index in [1.165, 1.54) is 0 Å². The van der Waals surface area contributed by atoms with E-state index in [4.69, 9.17) is 5.90 Å². The SMILES string of the molecule is C[C@H](CCC(=O)ON)[C@H]1CC[C@H]2[C@@H]3[C@H](O)C[C@@H]4C[C@H](O)CC[C@]4(C)[C@H]3C[C@H](O)[C@]12C.O. The molecule has 4 saturated carbocycles. The van der Waals surface area contributed by atoms with Gasteiger partial charge in [-0.25, -0.2) is 0 Å². The van der Waals surface area contributed by atoms with Gasteiger partial charge >= 0.3 is 5.97 Å². The van der Waals surface area contributed by atoms with Crippen molar-refractivity contribution < 1.29 is 30.4 Å². The molecule has 0 aromatic heterocycles. The molecule has 7 heteroatoms. The van der Waals surface area contributed by atoms with Gasteiger partial charge in [0.2, 0.25) is 0 Å². The monoisotopic (exact) mass is 441 g/mol. The van der Waals surface area contributed by atoms with Gasteiger partial charge in [0, 0.05) is 6.42 Å². The molecule has 0 amide bonds. The normalized spacial score (nSPS) is 49.8. The third-order valence-corrected chi connectivity index (χ3v) is 10.5. The van der Waals surface area contributed by atoms with E-state index >= 15 is 0 Å². The van der Waals surface area contributed by atoms with Gasteiger partial charge in [-0.3, -0.25) is 4.79 Å². The zero-order valence-electron chi connectivity index (χ0n) is 19.3. The van der Waals surface area contributed by atoms with Crippen molar-refractivity contribution in [3.63, 3.8) is 0 Å². The van der Waals surface area contributed by atoms with E-state index < -0.39 is 6.10 Å². The Morgan fingerprint density at radius 2 is 1.81 bits per heavy atom. The second-order valence-electron chi connectivity index (χ2n) is 11.5. The smallest absolute Gasteiger partial charge is 0.324 e. The molecule has 11 atom stereocenters. The van der Waals surface area contributed by atoms with Crippen LogP contribution < -0.4 is 5.90 Å². The molecule has 0 saturated heterocycles. The van der Waals surface area contributed by atoms with Crippen LogP contribution in [-0.2, 0) is 9.63 Å². The van der Waals surface area contributed by atoms with E-state index in [-0.39, 0.29) is 40.4 Å². The maximum absolute atomic E-state index is 11.5. The van der Waals surface area contributed by atoms with Gasteiger partial charge in [0.1, 0.15) is 0 Å². The van der Waals surface area contributed by atoms with Gasteiger partial charge in [-0.1, -0.05) is 20.8 Å². The summed E-state index contributed by atoms with van der Waals surface area (Å²) >= 11 is 0. The molecule has 31 heavy (non-hydrogen) atoms. The fourth-order valence-corrected chi connectivity index (χ4v) is 8.74. The lowest BCUT2D eigenvalue weighted by molar-refractivity contribution is -0.207. The third kappa shape index (κ3) is 3.84. The van der Waals surface area contributed by atoms with Gasteiger partial charge in [0.05, 0.1) is 18.3 Å². The summed E-state index contributed by atoms with van der Waals surface area (Å²) in [7, 11) is 0. The minimum absolute atomic E-state index is 0. The first kappa shape index (κ1) is 24.9. The Balaban J connectivity index is 0.00000272. The molecule has 4 aliphatic carbocycles. The van der Waals surface area contributed by atoms with Gasteiger partial charge in [0.15, 0.2) is 0 Å². The maximum Gasteiger partial charge on any atom is 0.324 e. The fraction of sp³-hybridized carbons (Fsp3) is 0.958. The fourth-order valence-electron chi connectivity index (χ4n) is 8.74. The number of aliphatic hydroxyl groups excluding tert-OH is 3. The number of hydrogen-bond donors (Lipinski definition) is 4. The maximum atomic E-state index is 11.5. The molecular formula is C24H43NO6. The molecule has 0 unspecified atom stereocenters. The molecule has 0 radical (unpaired) electrons. The predicted molar refractivity (Wildman–Crippen MR) is 116 cm³/mol. The van der Waals surface area contributed by atoms with Crippen LogP contribution in [-0.4, -0.2) is 45.1 Å². The van der Waals surface area contributed by atoms with Gasteiger partial charge in [-0.2, -0.15) is 5.90 Å². The van der Waals surface area contributed by atoms with Crippen LogP contribution in [0.4, 0.5) is 0 Å². The summed E-state index contributed by atoms with van der Waals surface area (Å²) in [6, 6.07) is 0. The highest BCUT2D eigenvalue weighted by atomic mass is 16.7. The van der Waals surface area contributed by atoms with Gasteiger partial charge in [-0.05, 0) is 97.7 Å². The Labute approximate surface area is 186 Å². The van der Waals surface area contributed by atoms with E-state index in [9.17, 15) is 20.1 Å². The van der Waals surface area contributed by atoms with Crippen LogP contribution in [0.5, 0.6) is 0 Å². The number of hydrogen-bond acceptors (Lipinski definition) is 6. The van der Waals surface area contributed by atoms with Crippen molar-refractivity contribution in [3.05, 3.63) is 0 Å². The molecule has 7 nitrogen and oxygen atoms in total. The van der Waals surface area contributed by atoms with E-state index in [0.29, 0.717) is 42.4 Å². The van der Waals surface area contributed by atoms with E-state index in [0.717, 1.165) is 44.9 Å². The van der Waals surface area contributed by atoms with Gasteiger partial charge < -0.3 is 25.6 Å². The molecular weight excluding hydrogens is 398 g/mol. The highest BCUT2D eigenvalue weighted by molar-refractivity contribution is 5.68. The average molecular weight is 442 g/mol. The molecule has 0 bridgehead atoms. The Kier molecular flexibility index (Phi) is 7.15. The summed E-state index contributed by atoms with van der Waals surface area (Å²) in [4.78, 5) is 15.9. The summed E-state index contributed by atoms with van der Waals surface area (Å²) in [5.41, 5.74) is -0.133. The third-order valence-electron chi connectivity index (χ3n) is 10.5. The second-order valence-corrected chi connectivity index (χ2v) is 11.5. The first-order valence-electron chi connectivity index (χ1n) is 12.1. The number of carbonyl (C=O) groups is 1. The van der Waals surface area contributed by atoms with Crippen molar-refractivity contribution in [3.8, 4) is 0 Å². The summed E-state index contributed by atoms with van der Waals surface area (Å²) in [6.45, 7) is 6.77. The van der Waals surface area contributed by atoms with Crippen LogP contribution in [0.15, 0.2) is 0 Å². The van der Waals surface area contributed by atoms with Gasteiger partial charge in [-0.15, -0.1) is 0 Å². The largest absolute Gasteiger partial charge is 0.412 e. The summed E-state index contributed by atoms with van der Waals surface area (Å²) in [5.74, 6) is 6.42. The standard InChI is InChI=1S/C24H41NO5.H2O/c1-13(4-7-21(29)30-25)16-5-6-17-22-18(12-20(28)24(16,17)3)23(2)9-8-15(26)10-14(23)11-19(22)27;/h13-20,22,26-28H,4-12,25H2,1-3H3;1H2/t13-,14+,15-,16-,17+,18+,19-,20+,22+,23+,24-;/m1./s1. The number of rotatable bonds is 4. The number of aliphatic hydroxyl groups is 3. The quantitative estimate of drug-likeness (QED) is 0.491. The first-order chi connectivity index (χ1) is 14.1. The topological polar surface area (TPSA) is 145 Å². The highest BCUT2D eigenvalue weighted by Gasteiger charge is 2.65. The van der Waals surface area contributed by atoms with Crippen molar-refractivity contribution in [1.82, 2.24) is 0 Å². The number of nitrogens with two attached hydrogens (primary N) is 1. The van der Waals surface area contributed by atoms with Crippen molar-refractivity contribution in [2.24, 2.45) is 52.2 Å². The molecule has 4 rings (SSSR count). The first-order valence-corrected chi connectivity index (χ1v) is 12.1. The average Bonchev–Trinajstić information content (AvgIpc) is 3.06. The van der Waals surface area contributed by atoms with Crippen LogP contribution in [0.25, 0.3) is 0 Å². The lowest BCUT2D eigenvalue weighted by atomic mass is 9.43. The zero-order valence-corrected chi connectivity index (χ0v) is 19.3. The van der Waals surface area contributed by atoms with Crippen molar-refractivity contribution in [1.29, 1.82) is 0 Å². The molecule has 0 spiro atoms. The number of carbonyl (C=O) groups excluding carboxylic acids is 1. The molecule has 0 aromatic carbocycles. The molecule has 0 heterocycles. The van der Waals surface area contributed by atoms with E-state index in [1.807, 2.05) is 0 Å². The van der Waals surface area contributed by atoms with Crippen LogP contribution >= 0.6 is 0 Å². The van der Waals surface area contributed by atoms with Crippen LogP contribution in [0.2, 0.25) is 0 Å². The summed E-state index contributed by atoms with van der Waals surface area (Å²) in [6.07, 6.45) is 6.22. The Bertz CT molecular complexity index is 660. The molecule has 180 valence electrons. The summed E-state index contributed by atoms with van der Waals surface area (Å²) < 4.78 is 0. The summed E-state index contributed by atoms with van der Waals surface area (Å²) in [5, 5.41) is 33.0. The molecule has 0 aromatic rings.